The Kier molecular flexibility index (Phi) is 5.95. The van der Waals surface area contributed by atoms with Crippen LogP contribution in [0.1, 0.15) is 26.3 Å². The molecule has 0 aromatic heterocycles. The fraction of sp³-hybridized carbons (Fsp3) is 0.118. The average molecular weight is 366 g/mol. The van der Waals surface area contributed by atoms with Gasteiger partial charge in [0.15, 0.2) is 0 Å². The highest BCUT2D eigenvalue weighted by Crippen LogP contribution is 2.24. The molecule has 2 rings (SSSR count). The number of hydrogen-bond donors (Lipinski definition) is 0. The lowest BCUT2D eigenvalue weighted by molar-refractivity contribution is 0.0599. The van der Waals surface area contributed by atoms with Gasteiger partial charge in [0.25, 0.3) is 0 Å². The van der Waals surface area contributed by atoms with Gasteiger partial charge in [0.05, 0.1) is 31.0 Å². The van der Waals surface area contributed by atoms with E-state index in [0.717, 1.165) is 0 Å². The molecular weight excluding hydrogens is 353 g/mol. The molecule has 0 atom stereocenters. The monoisotopic (exact) mass is 365 g/mol. The lowest BCUT2D eigenvalue weighted by Crippen LogP contribution is -2.09. The van der Waals surface area contributed by atoms with E-state index in [1.807, 2.05) is 0 Å². The normalized spacial score (nSPS) is 10.7. The molecule has 0 aliphatic rings. The largest absolute Gasteiger partial charge is 0.465 e. The molecule has 0 fully saturated rings. The van der Waals surface area contributed by atoms with Crippen molar-refractivity contribution in [3.8, 4) is 0 Å². The number of hydrogen-bond acceptors (Lipinski definition) is 5. The number of esters is 2. The molecule has 0 N–H and O–H groups in total. The third kappa shape index (κ3) is 4.34. The predicted octanol–water partition coefficient (Wildman–Crippen LogP) is 4.32. The first-order valence-electron chi connectivity index (χ1n) is 6.75. The van der Waals surface area contributed by atoms with Crippen LogP contribution in [0.2, 0.25) is 10.0 Å². The molecule has 0 spiro atoms. The lowest BCUT2D eigenvalue weighted by atomic mass is 10.0. The minimum atomic E-state index is -0.591. The Morgan fingerprint density at radius 1 is 0.958 bits per heavy atom. The van der Waals surface area contributed by atoms with Crippen molar-refractivity contribution in [1.29, 1.82) is 0 Å². The number of halogens is 2. The van der Waals surface area contributed by atoms with E-state index in [-0.39, 0.29) is 11.1 Å². The Balaban J connectivity index is 2.43. The average Bonchev–Trinajstić information content (AvgIpc) is 2.57. The van der Waals surface area contributed by atoms with Crippen molar-refractivity contribution in [1.82, 2.24) is 0 Å². The van der Waals surface area contributed by atoms with Gasteiger partial charge < -0.3 is 9.47 Å². The number of benzene rings is 2. The number of nitrogens with zero attached hydrogens (tertiary/aromatic N) is 1. The summed E-state index contributed by atoms with van der Waals surface area (Å²) >= 11 is 11.8. The van der Waals surface area contributed by atoms with Crippen molar-refractivity contribution in [2.24, 2.45) is 4.99 Å². The molecule has 0 amide bonds. The van der Waals surface area contributed by atoms with Gasteiger partial charge in [-0.15, -0.1) is 0 Å². The smallest absolute Gasteiger partial charge is 0.338 e. The van der Waals surface area contributed by atoms with Crippen molar-refractivity contribution in [2.75, 3.05) is 14.2 Å². The second-order valence-corrected chi connectivity index (χ2v) is 5.54. The molecule has 0 radical (unpaired) electrons. The molecule has 0 heterocycles. The highest BCUT2D eigenvalue weighted by Gasteiger charge is 2.15. The van der Waals surface area contributed by atoms with Crippen LogP contribution in [-0.2, 0) is 9.47 Å². The van der Waals surface area contributed by atoms with Crippen molar-refractivity contribution in [3.63, 3.8) is 0 Å². The second kappa shape index (κ2) is 7.95. The Bertz CT molecular complexity index is 798. The standard InChI is InChI=1S/C17H13Cl2NO4/c1-23-16(21)10-3-4-11(15(5-10)17(22)24-2)9-20-14-7-12(18)6-13(19)8-14/h3-9H,1-2H3. The minimum Gasteiger partial charge on any atom is -0.465 e. The van der Waals surface area contributed by atoms with Gasteiger partial charge in [0, 0.05) is 21.8 Å². The number of ether oxygens (including phenoxy) is 2. The summed E-state index contributed by atoms with van der Waals surface area (Å²) in [6.45, 7) is 0. The van der Waals surface area contributed by atoms with Crippen LogP contribution in [0.15, 0.2) is 41.4 Å². The number of aliphatic imine (C=N–C) groups is 1. The lowest BCUT2D eigenvalue weighted by Gasteiger charge is -2.06. The van der Waals surface area contributed by atoms with Crippen LogP contribution < -0.4 is 0 Å². The fourth-order valence-corrected chi connectivity index (χ4v) is 2.47. The van der Waals surface area contributed by atoms with Crippen LogP contribution in [0.25, 0.3) is 0 Å². The number of methoxy groups -OCH3 is 2. The van der Waals surface area contributed by atoms with Crippen LogP contribution in [0.3, 0.4) is 0 Å². The van der Waals surface area contributed by atoms with Gasteiger partial charge in [-0.2, -0.15) is 0 Å². The van der Waals surface area contributed by atoms with Gasteiger partial charge in [0.1, 0.15) is 0 Å². The summed E-state index contributed by atoms with van der Waals surface area (Å²) in [5, 5.41) is 0.896. The Morgan fingerprint density at radius 3 is 2.17 bits per heavy atom. The molecule has 5 nitrogen and oxygen atoms in total. The van der Waals surface area contributed by atoms with E-state index in [4.69, 9.17) is 27.9 Å². The summed E-state index contributed by atoms with van der Waals surface area (Å²) in [4.78, 5) is 27.8. The van der Waals surface area contributed by atoms with E-state index < -0.39 is 11.9 Å². The summed E-state index contributed by atoms with van der Waals surface area (Å²) in [6.07, 6.45) is 1.47. The summed E-state index contributed by atoms with van der Waals surface area (Å²) in [7, 11) is 2.52. The zero-order chi connectivity index (χ0) is 17.7. The molecule has 7 heteroatoms. The summed E-state index contributed by atoms with van der Waals surface area (Å²) in [5.74, 6) is -1.14. The molecule has 2 aromatic rings. The summed E-state index contributed by atoms with van der Waals surface area (Å²) < 4.78 is 9.39. The molecular formula is C17H13Cl2NO4. The van der Waals surface area contributed by atoms with E-state index in [9.17, 15) is 9.59 Å². The molecule has 0 aliphatic heterocycles. The first-order chi connectivity index (χ1) is 11.4. The van der Waals surface area contributed by atoms with E-state index in [1.165, 1.54) is 32.6 Å². The topological polar surface area (TPSA) is 65.0 Å². The van der Waals surface area contributed by atoms with E-state index in [1.54, 1.807) is 24.3 Å². The van der Waals surface area contributed by atoms with Crippen LogP contribution in [-0.4, -0.2) is 32.4 Å². The maximum atomic E-state index is 11.9. The number of carbonyl (C=O) groups is 2. The maximum Gasteiger partial charge on any atom is 0.338 e. The first kappa shape index (κ1) is 18.0. The molecule has 0 saturated heterocycles. The third-order valence-electron chi connectivity index (χ3n) is 3.08. The molecule has 0 unspecified atom stereocenters. The van der Waals surface area contributed by atoms with Crippen molar-refractivity contribution in [2.45, 2.75) is 0 Å². The third-order valence-corrected chi connectivity index (χ3v) is 3.52. The Hall–Kier alpha value is -2.37. The van der Waals surface area contributed by atoms with Crippen molar-refractivity contribution in [3.05, 3.63) is 63.1 Å². The maximum absolute atomic E-state index is 11.9. The van der Waals surface area contributed by atoms with Gasteiger partial charge in [-0.1, -0.05) is 29.3 Å². The Labute approximate surface area is 148 Å². The van der Waals surface area contributed by atoms with Crippen LogP contribution in [0, 0.1) is 0 Å². The molecule has 0 bridgehead atoms. The molecule has 124 valence electrons. The SMILES string of the molecule is COC(=O)c1ccc(C=Nc2cc(Cl)cc(Cl)c2)c(C(=O)OC)c1. The van der Waals surface area contributed by atoms with E-state index in [2.05, 4.69) is 9.73 Å². The molecule has 2 aromatic carbocycles. The summed E-state index contributed by atoms with van der Waals surface area (Å²) in [6, 6.07) is 9.35. The highest BCUT2D eigenvalue weighted by atomic mass is 35.5. The van der Waals surface area contributed by atoms with Gasteiger partial charge >= 0.3 is 11.9 Å². The van der Waals surface area contributed by atoms with Gasteiger partial charge in [-0.3, -0.25) is 4.99 Å². The van der Waals surface area contributed by atoms with E-state index in [0.29, 0.717) is 21.3 Å². The quantitative estimate of drug-likeness (QED) is 0.597. The van der Waals surface area contributed by atoms with Crippen LogP contribution in [0.4, 0.5) is 5.69 Å². The molecule has 24 heavy (non-hydrogen) atoms. The van der Waals surface area contributed by atoms with Crippen LogP contribution >= 0.6 is 23.2 Å². The predicted molar refractivity (Wildman–Crippen MR) is 92.8 cm³/mol. The fourth-order valence-electron chi connectivity index (χ4n) is 1.96. The first-order valence-corrected chi connectivity index (χ1v) is 7.51. The van der Waals surface area contributed by atoms with Crippen molar-refractivity contribution < 1.29 is 19.1 Å². The van der Waals surface area contributed by atoms with Crippen LogP contribution in [0.5, 0.6) is 0 Å². The zero-order valence-electron chi connectivity index (χ0n) is 12.9. The van der Waals surface area contributed by atoms with Gasteiger partial charge in [-0.05, 0) is 30.3 Å². The zero-order valence-corrected chi connectivity index (χ0v) is 14.4. The molecule has 0 saturated carbocycles. The Morgan fingerprint density at radius 2 is 1.58 bits per heavy atom. The number of rotatable bonds is 4. The second-order valence-electron chi connectivity index (χ2n) is 4.67. The minimum absolute atomic E-state index is 0.192. The number of carbonyl (C=O) groups excluding carboxylic acids is 2. The van der Waals surface area contributed by atoms with E-state index >= 15 is 0 Å². The highest BCUT2D eigenvalue weighted by molar-refractivity contribution is 6.35. The van der Waals surface area contributed by atoms with Gasteiger partial charge in [0.2, 0.25) is 0 Å². The van der Waals surface area contributed by atoms with Gasteiger partial charge in [-0.25, -0.2) is 9.59 Å². The summed E-state index contributed by atoms with van der Waals surface area (Å²) in [5.41, 5.74) is 1.43. The van der Waals surface area contributed by atoms with Crippen molar-refractivity contribution >= 4 is 47.0 Å². The molecule has 0 aliphatic carbocycles.